The minimum absolute atomic E-state index is 0.134. The van der Waals surface area contributed by atoms with Gasteiger partial charge in [-0.3, -0.25) is 4.79 Å². The average molecular weight is 309 g/mol. The zero-order chi connectivity index (χ0) is 16.2. The number of hydrogen-bond donors (Lipinski definition) is 1. The summed E-state index contributed by atoms with van der Waals surface area (Å²) >= 11 is 0. The Morgan fingerprint density at radius 2 is 1.82 bits per heavy atom. The van der Waals surface area contributed by atoms with Crippen molar-refractivity contribution in [2.75, 3.05) is 11.9 Å². The van der Waals surface area contributed by atoms with Crippen molar-refractivity contribution in [2.24, 2.45) is 0 Å². The van der Waals surface area contributed by atoms with Crippen molar-refractivity contribution in [1.29, 1.82) is 0 Å². The fourth-order valence-electron chi connectivity index (χ4n) is 1.84. The summed E-state index contributed by atoms with van der Waals surface area (Å²) in [5.74, 6) is -0.154. The Kier molecular flexibility index (Phi) is 4.70. The second-order valence-electron chi connectivity index (χ2n) is 4.70. The third kappa shape index (κ3) is 4.51. The minimum Gasteiger partial charge on any atom is -0.484 e. The van der Waals surface area contributed by atoms with Crippen molar-refractivity contribution in [1.82, 2.24) is 0 Å². The van der Waals surface area contributed by atoms with E-state index in [0.29, 0.717) is 16.8 Å². The quantitative estimate of drug-likeness (QED) is 0.919. The Morgan fingerprint density at radius 1 is 1.14 bits per heavy atom. The number of carbonyl (C=O) groups is 1. The molecule has 0 fully saturated rings. The van der Waals surface area contributed by atoms with Crippen molar-refractivity contribution in [3.63, 3.8) is 0 Å². The molecule has 0 atom stereocenters. The summed E-state index contributed by atoms with van der Waals surface area (Å²) in [4.78, 5) is 12.0. The number of ether oxygens (including phenoxy) is 1. The fourth-order valence-corrected chi connectivity index (χ4v) is 1.84. The topological polar surface area (TPSA) is 38.3 Å². The van der Waals surface area contributed by atoms with Crippen LogP contribution in [0, 0.1) is 6.92 Å². The molecule has 3 nitrogen and oxygen atoms in total. The van der Waals surface area contributed by atoms with Gasteiger partial charge in [0.2, 0.25) is 0 Å². The second kappa shape index (κ2) is 6.51. The van der Waals surface area contributed by atoms with Crippen LogP contribution in [0.15, 0.2) is 48.5 Å². The average Bonchev–Trinajstić information content (AvgIpc) is 2.46. The summed E-state index contributed by atoms with van der Waals surface area (Å²) < 4.78 is 41.1. The molecular weight excluding hydrogens is 295 g/mol. The van der Waals surface area contributed by atoms with Gasteiger partial charge in [-0.1, -0.05) is 18.2 Å². The van der Waals surface area contributed by atoms with E-state index in [1.165, 1.54) is 12.1 Å². The Hall–Kier alpha value is -2.50. The summed E-state index contributed by atoms with van der Waals surface area (Å²) in [7, 11) is 0. The van der Waals surface area contributed by atoms with E-state index in [2.05, 4.69) is 5.32 Å². The number of hydrogen-bond acceptors (Lipinski definition) is 2. The lowest BCUT2D eigenvalue weighted by atomic mass is 10.1. The highest BCUT2D eigenvalue weighted by atomic mass is 19.4. The highest BCUT2D eigenvalue weighted by molar-refractivity contribution is 6.04. The lowest BCUT2D eigenvalue weighted by molar-refractivity contribution is -0.153. The van der Waals surface area contributed by atoms with Crippen molar-refractivity contribution in [3.05, 3.63) is 59.7 Å². The first-order chi connectivity index (χ1) is 10.3. The van der Waals surface area contributed by atoms with Gasteiger partial charge in [-0.25, -0.2) is 0 Å². The van der Waals surface area contributed by atoms with Gasteiger partial charge in [-0.15, -0.1) is 0 Å². The molecular formula is C16H14F3NO2. The molecule has 0 spiro atoms. The normalized spacial score (nSPS) is 11.1. The van der Waals surface area contributed by atoms with Gasteiger partial charge >= 0.3 is 6.18 Å². The van der Waals surface area contributed by atoms with Gasteiger partial charge in [-0.05, 0) is 42.8 Å². The number of amides is 1. The highest BCUT2D eigenvalue weighted by Gasteiger charge is 2.28. The molecule has 0 unspecified atom stereocenters. The van der Waals surface area contributed by atoms with Gasteiger partial charge in [0.15, 0.2) is 6.61 Å². The third-order valence-electron chi connectivity index (χ3n) is 2.86. The largest absolute Gasteiger partial charge is 0.484 e. The van der Waals surface area contributed by atoms with Gasteiger partial charge in [0.1, 0.15) is 5.75 Å². The molecule has 0 heterocycles. The Balaban J connectivity index is 2.05. The predicted molar refractivity (Wildman–Crippen MR) is 77.1 cm³/mol. The number of benzene rings is 2. The molecule has 2 aromatic carbocycles. The number of nitrogens with one attached hydrogen (secondary N) is 1. The molecule has 0 aliphatic rings. The van der Waals surface area contributed by atoms with E-state index in [0.717, 1.165) is 0 Å². The van der Waals surface area contributed by atoms with E-state index in [1.807, 2.05) is 0 Å². The van der Waals surface area contributed by atoms with Gasteiger partial charge < -0.3 is 10.1 Å². The van der Waals surface area contributed by atoms with Crippen LogP contribution in [-0.4, -0.2) is 18.7 Å². The minimum atomic E-state index is -4.38. The number of carbonyl (C=O) groups excluding carboxylic acids is 1. The van der Waals surface area contributed by atoms with E-state index in [1.54, 1.807) is 43.3 Å². The highest BCUT2D eigenvalue weighted by Crippen LogP contribution is 2.24. The number of alkyl halides is 3. The van der Waals surface area contributed by atoms with E-state index >= 15 is 0 Å². The molecule has 2 rings (SSSR count). The number of halogens is 3. The van der Waals surface area contributed by atoms with Crippen molar-refractivity contribution < 1.29 is 22.7 Å². The maximum absolute atomic E-state index is 12.1. The van der Waals surface area contributed by atoms with Crippen LogP contribution in [0.25, 0.3) is 0 Å². The van der Waals surface area contributed by atoms with E-state index < -0.39 is 12.8 Å². The lowest BCUT2D eigenvalue weighted by Crippen LogP contribution is -2.19. The van der Waals surface area contributed by atoms with Crippen LogP contribution in [0.2, 0.25) is 0 Å². The van der Waals surface area contributed by atoms with Crippen molar-refractivity contribution in [2.45, 2.75) is 13.1 Å². The fraction of sp³-hybridized carbons (Fsp3) is 0.188. The number of anilines is 1. The molecule has 22 heavy (non-hydrogen) atoms. The van der Waals surface area contributed by atoms with E-state index in [4.69, 9.17) is 4.74 Å². The van der Waals surface area contributed by atoms with Gasteiger partial charge in [0.05, 0.1) is 0 Å². The first-order valence-corrected chi connectivity index (χ1v) is 6.52. The van der Waals surface area contributed by atoms with Crippen molar-refractivity contribution >= 4 is 11.6 Å². The molecule has 6 heteroatoms. The summed E-state index contributed by atoms with van der Waals surface area (Å²) in [6.07, 6.45) is -4.38. The van der Waals surface area contributed by atoms with Crippen LogP contribution in [-0.2, 0) is 0 Å². The first-order valence-electron chi connectivity index (χ1n) is 6.52. The first kappa shape index (κ1) is 15.9. The SMILES string of the molecule is Cc1cc(NC(=O)c2ccccc2)ccc1OCC(F)(F)F. The predicted octanol–water partition coefficient (Wildman–Crippen LogP) is 4.19. The molecule has 1 N–H and O–H groups in total. The summed E-state index contributed by atoms with van der Waals surface area (Å²) in [5, 5.41) is 2.68. The third-order valence-corrected chi connectivity index (χ3v) is 2.86. The second-order valence-corrected chi connectivity index (χ2v) is 4.70. The lowest BCUT2D eigenvalue weighted by Gasteiger charge is -2.13. The van der Waals surface area contributed by atoms with E-state index in [9.17, 15) is 18.0 Å². The molecule has 0 radical (unpaired) electrons. The zero-order valence-electron chi connectivity index (χ0n) is 11.8. The van der Waals surface area contributed by atoms with Crippen LogP contribution in [0.1, 0.15) is 15.9 Å². The molecule has 0 aliphatic carbocycles. The Labute approximate surface area is 125 Å². The van der Waals surface area contributed by atoms with Crippen molar-refractivity contribution in [3.8, 4) is 5.75 Å². The molecule has 0 saturated heterocycles. The molecule has 0 aliphatic heterocycles. The molecule has 0 aromatic heterocycles. The summed E-state index contributed by atoms with van der Waals surface area (Å²) in [5.41, 5.74) is 1.50. The van der Waals surface area contributed by atoms with Crippen LogP contribution in [0.4, 0.5) is 18.9 Å². The zero-order valence-corrected chi connectivity index (χ0v) is 11.8. The van der Waals surface area contributed by atoms with Crippen LogP contribution in [0.5, 0.6) is 5.75 Å². The Bertz CT molecular complexity index is 654. The molecule has 116 valence electrons. The molecule has 1 amide bonds. The van der Waals surface area contributed by atoms with Crippen LogP contribution in [0.3, 0.4) is 0 Å². The number of rotatable bonds is 4. The molecule has 0 bridgehead atoms. The Morgan fingerprint density at radius 3 is 2.41 bits per heavy atom. The molecule has 2 aromatic rings. The summed E-state index contributed by atoms with van der Waals surface area (Å²) in [6.45, 7) is 0.271. The maximum atomic E-state index is 12.1. The molecule has 0 saturated carbocycles. The summed E-state index contributed by atoms with van der Waals surface area (Å²) in [6, 6.07) is 13.1. The number of aryl methyl sites for hydroxylation is 1. The van der Waals surface area contributed by atoms with E-state index in [-0.39, 0.29) is 11.7 Å². The smallest absolute Gasteiger partial charge is 0.422 e. The monoisotopic (exact) mass is 309 g/mol. The van der Waals surface area contributed by atoms with Gasteiger partial charge in [0, 0.05) is 11.3 Å². The maximum Gasteiger partial charge on any atom is 0.422 e. The van der Waals surface area contributed by atoms with Crippen LogP contribution >= 0.6 is 0 Å². The van der Waals surface area contributed by atoms with Crippen LogP contribution < -0.4 is 10.1 Å². The standard InChI is InChI=1S/C16H14F3NO2/c1-11-9-13(7-8-14(11)22-10-16(17,18)19)20-15(21)12-5-3-2-4-6-12/h2-9H,10H2,1H3,(H,20,21). The van der Waals surface area contributed by atoms with Gasteiger partial charge in [0.25, 0.3) is 5.91 Å². The van der Waals surface area contributed by atoms with Gasteiger partial charge in [-0.2, -0.15) is 13.2 Å².